The van der Waals surface area contributed by atoms with Crippen LogP contribution in [0.1, 0.15) is 26.3 Å². The Morgan fingerprint density at radius 1 is 1.06 bits per heavy atom. The summed E-state index contributed by atoms with van der Waals surface area (Å²) in [7, 11) is 1.25. The van der Waals surface area contributed by atoms with Gasteiger partial charge in [-0.1, -0.05) is 12.1 Å². The number of phenols is 2. The number of aromatic hydroxyl groups is 2. The van der Waals surface area contributed by atoms with Crippen molar-refractivity contribution in [3.63, 3.8) is 0 Å². The Morgan fingerprint density at radius 2 is 1.73 bits per heavy atom. The molecule has 33 heavy (non-hydrogen) atoms. The molecule has 10 heteroatoms. The fourth-order valence-corrected chi connectivity index (χ4v) is 3.06. The largest absolute Gasteiger partial charge is 0.504 e. The fourth-order valence-electron chi connectivity index (χ4n) is 3.06. The molecule has 2 aromatic carbocycles. The summed E-state index contributed by atoms with van der Waals surface area (Å²) in [4.78, 5) is 32.5. The summed E-state index contributed by atoms with van der Waals surface area (Å²) in [6.45, 7) is 5.20. The van der Waals surface area contributed by atoms with E-state index in [-0.39, 0.29) is 17.9 Å². The summed E-state index contributed by atoms with van der Waals surface area (Å²) in [5.74, 6) is -0.681. The van der Waals surface area contributed by atoms with Crippen molar-refractivity contribution in [1.29, 1.82) is 0 Å². The minimum Gasteiger partial charge on any atom is -0.504 e. The number of phenolic OH excluding ortho intramolecular Hbond substituents is 2. The number of methoxy groups -OCH3 is 1. The summed E-state index contributed by atoms with van der Waals surface area (Å²) in [5.41, 5.74) is 1.25. The monoisotopic (exact) mass is 454 g/mol. The van der Waals surface area contributed by atoms with Crippen molar-refractivity contribution < 1.29 is 29.3 Å². The summed E-state index contributed by atoms with van der Waals surface area (Å²) in [6.07, 6.45) is 0.843. The predicted molar refractivity (Wildman–Crippen MR) is 121 cm³/mol. The first-order valence-electron chi connectivity index (χ1n) is 10.2. The van der Waals surface area contributed by atoms with Gasteiger partial charge in [0.05, 0.1) is 12.6 Å². The number of benzene rings is 2. The fraction of sp³-hybridized carbons (Fsp3) is 0.304. The van der Waals surface area contributed by atoms with E-state index >= 15 is 0 Å². The van der Waals surface area contributed by atoms with Crippen molar-refractivity contribution >= 4 is 34.5 Å². The molecule has 1 aromatic heterocycles. The summed E-state index contributed by atoms with van der Waals surface area (Å²) in [6, 6.07) is 8.97. The van der Waals surface area contributed by atoms with Crippen LogP contribution in [0.5, 0.6) is 11.5 Å². The topological polar surface area (TPSA) is 143 Å². The summed E-state index contributed by atoms with van der Waals surface area (Å²) < 4.78 is 10.0. The van der Waals surface area contributed by atoms with Crippen LogP contribution in [-0.2, 0) is 20.7 Å². The third-order valence-corrected chi connectivity index (χ3v) is 4.56. The maximum Gasteiger partial charge on any atom is 0.408 e. The second kappa shape index (κ2) is 9.60. The second-order valence-corrected chi connectivity index (χ2v) is 8.33. The number of nitrogens with zero attached hydrogens (tertiary/aromatic N) is 2. The highest BCUT2D eigenvalue weighted by Crippen LogP contribution is 2.32. The van der Waals surface area contributed by atoms with E-state index in [0.29, 0.717) is 22.4 Å². The predicted octanol–water partition coefficient (Wildman–Crippen LogP) is 3.39. The Kier molecular flexibility index (Phi) is 6.86. The molecular weight excluding hydrogens is 428 g/mol. The molecule has 0 unspecified atom stereocenters. The second-order valence-electron chi connectivity index (χ2n) is 8.33. The SMILES string of the molecule is COC(=O)[C@H](Cc1ccc(Nc2ncnc3cc(O)c(O)cc23)cc1)NC(=O)OC(C)(C)C. The van der Waals surface area contributed by atoms with Crippen LogP contribution >= 0.6 is 0 Å². The molecular formula is C23H26N4O6. The van der Waals surface area contributed by atoms with Gasteiger partial charge in [0.1, 0.15) is 23.8 Å². The maximum absolute atomic E-state index is 12.1. The number of nitrogens with one attached hydrogen (secondary N) is 2. The van der Waals surface area contributed by atoms with Crippen LogP contribution in [0.25, 0.3) is 10.9 Å². The molecule has 0 bridgehead atoms. The van der Waals surface area contributed by atoms with Crippen LogP contribution in [0.4, 0.5) is 16.3 Å². The standard InChI is InChI=1S/C23H26N4O6/c1-23(2,3)33-22(31)27-17(21(30)32-4)9-13-5-7-14(8-6-13)26-20-15-10-18(28)19(29)11-16(15)24-12-25-20/h5-8,10-12,17,28-29H,9H2,1-4H3,(H,27,31)(H,24,25,26)/t17-/m0/s1. The molecule has 10 nitrogen and oxygen atoms in total. The molecule has 3 rings (SSSR count). The van der Waals surface area contributed by atoms with Crippen molar-refractivity contribution in [2.45, 2.75) is 38.8 Å². The van der Waals surface area contributed by atoms with Gasteiger partial charge >= 0.3 is 12.1 Å². The van der Waals surface area contributed by atoms with Gasteiger partial charge in [0.25, 0.3) is 0 Å². The van der Waals surface area contributed by atoms with Crippen LogP contribution in [0.3, 0.4) is 0 Å². The van der Waals surface area contributed by atoms with Crippen molar-refractivity contribution in [3.8, 4) is 11.5 Å². The molecule has 4 N–H and O–H groups in total. The average Bonchev–Trinajstić information content (AvgIpc) is 2.74. The molecule has 0 aliphatic heterocycles. The highest BCUT2D eigenvalue weighted by molar-refractivity contribution is 5.92. The number of fused-ring (bicyclic) bond motifs is 1. The lowest BCUT2D eigenvalue weighted by atomic mass is 10.1. The van der Waals surface area contributed by atoms with Crippen LogP contribution in [0, 0.1) is 0 Å². The zero-order valence-electron chi connectivity index (χ0n) is 18.7. The van der Waals surface area contributed by atoms with Gasteiger partial charge in [-0.3, -0.25) is 0 Å². The molecule has 1 atom stereocenters. The quantitative estimate of drug-likeness (QED) is 0.325. The minimum absolute atomic E-state index is 0.204. The lowest BCUT2D eigenvalue weighted by Gasteiger charge is -2.22. The molecule has 0 aliphatic carbocycles. The van der Waals surface area contributed by atoms with Crippen LogP contribution in [-0.4, -0.2) is 51.0 Å². The number of rotatable bonds is 6. The van der Waals surface area contributed by atoms with Gasteiger partial charge in [-0.2, -0.15) is 0 Å². The van der Waals surface area contributed by atoms with Gasteiger partial charge in [-0.05, 0) is 44.5 Å². The molecule has 0 aliphatic rings. The van der Waals surface area contributed by atoms with E-state index in [1.807, 2.05) is 0 Å². The molecule has 0 spiro atoms. The highest BCUT2D eigenvalue weighted by Gasteiger charge is 2.25. The van der Waals surface area contributed by atoms with Gasteiger partial charge in [-0.25, -0.2) is 19.6 Å². The molecule has 0 fully saturated rings. The third-order valence-electron chi connectivity index (χ3n) is 4.56. The number of hydrogen-bond acceptors (Lipinski definition) is 9. The van der Waals surface area contributed by atoms with E-state index in [0.717, 1.165) is 5.56 Å². The molecule has 1 heterocycles. The first-order chi connectivity index (χ1) is 15.6. The third kappa shape index (κ3) is 6.22. The number of hydrogen-bond donors (Lipinski definition) is 4. The zero-order valence-corrected chi connectivity index (χ0v) is 18.7. The van der Waals surface area contributed by atoms with E-state index in [1.54, 1.807) is 45.0 Å². The lowest BCUT2D eigenvalue weighted by Crippen LogP contribution is -2.45. The Bertz CT molecular complexity index is 1160. The number of aromatic nitrogens is 2. The number of esters is 1. The Morgan fingerprint density at radius 3 is 2.36 bits per heavy atom. The van der Waals surface area contributed by atoms with E-state index in [9.17, 15) is 19.8 Å². The van der Waals surface area contributed by atoms with Gasteiger partial charge in [0, 0.05) is 23.6 Å². The molecule has 1 amide bonds. The Balaban J connectivity index is 1.74. The van der Waals surface area contributed by atoms with E-state index in [2.05, 4.69) is 20.6 Å². The first kappa shape index (κ1) is 23.6. The molecule has 3 aromatic rings. The number of amides is 1. The maximum atomic E-state index is 12.1. The van der Waals surface area contributed by atoms with Gasteiger partial charge < -0.3 is 30.3 Å². The molecule has 0 saturated heterocycles. The molecule has 0 saturated carbocycles. The van der Waals surface area contributed by atoms with Gasteiger partial charge in [0.2, 0.25) is 0 Å². The van der Waals surface area contributed by atoms with Crippen LogP contribution in [0.2, 0.25) is 0 Å². The minimum atomic E-state index is -0.912. The van der Waals surface area contributed by atoms with Crippen LogP contribution < -0.4 is 10.6 Å². The summed E-state index contributed by atoms with van der Waals surface area (Å²) >= 11 is 0. The number of anilines is 2. The van der Waals surface area contributed by atoms with E-state index in [4.69, 9.17) is 9.47 Å². The smallest absolute Gasteiger partial charge is 0.408 e. The number of alkyl carbamates (subject to hydrolysis) is 1. The molecule has 174 valence electrons. The first-order valence-corrected chi connectivity index (χ1v) is 10.2. The van der Waals surface area contributed by atoms with Crippen molar-refractivity contribution in [2.24, 2.45) is 0 Å². The van der Waals surface area contributed by atoms with E-state index in [1.165, 1.54) is 25.6 Å². The van der Waals surface area contributed by atoms with Crippen molar-refractivity contribution in [3.05, 3.63) is 48.3 Å². The Hall–Kier alpha value is -4.08. The van der Waals surface area contributed by atoms with Gasteiger partial charge in [0.15, 0.2) is 11.5 Å². The number of carbonyl (C=O) groups is 2. The number of ether oxygens (including phenoxy) is 2. The summed E-state index contributed by atoms with van der Waals surface area (Å²) in [5, 5.41) is 25.7. The average molecular weight is 454 g/mol. The van der Waals surface area contributed by atoms with Crippen molar-refractivity contribution in [2.75, 3.05) is 12.4 Å². The van der Waals surface area contributed by atoms with E-state index < -0.39 is 23.7 Å². The normalized spacial score (nSPS) is 12.1. The highest BCUT2D eigenvalue weighted by atomic mass is 16.6. The Labute approximate surface area is 190 Å². The number of carbonyl (C=O) groups excluding carboxylic acids is 2. The molecule has 0 radical (unpaired) electrons. The van der Waals surface area contributed by atoms with Crippen molar-refractivity contribution in [1.82, 2.24) is 15.3 Å². The van der Waals surface area contributed by atoms with Gasteiger partial charge in [-0.15, -0.1) is 0 Å². The van der Waals surface area contributed by atoms with Crippen LogP contribution in [0.15, 0.2) is 42.7 Å². The lowest BCUT2D eigenvalue weighted by molar-refractivity contribution is -0.143. The zero-order chi connectivity index (χ0) is 24.2.